The molecule has 0 aromatic heterocycles. The van der Waals surface area contributed by atoms with E-state index in [1.54, 1.807) is 6.92 Å². The summed E-state index contributed by atoms with van der Waals surface area (Å²) in [6.45, 7) is 7.29. The van der Waals surface area contributed by atoms with E-state index in [0.29, 0.717) is 12.2 Å². The molecule has 0 saturated heterocycles. The van der Waals surface area contributed by atoms with Gasteiger partial charge >= 0.3 is 11.9 Å². The second-order valence-electron chi connectivity index (χ2n) is 2.87. The molecule has 0 atom stereocenters. The third kappa shape index (κ3) is 8.96. The third-order valence-corrected chi connectivity index (χ3v) is 1.34. The molecule has 0 spiro atoms. The van der Waals surface area contributed by atoms with Crippen LogP contribution in [0, 0.1) is 0 Å². The van der Waals surface area contributed by atoms with Crippen LogP contribution in [0.4, 0.5) is 0 Å². The van der Waals surface area contributed by atoms with Crippen LogP contribution in [0.5, 0.6) is 0 Å². The summed E-state index contributed by atoms with van der Waals surface area (Å²) < 4.78 is 14.4. The number of ether oxygens (including phenoxy) is 3. The molecule has 0 unspecified atom stereocenters. The van der Waals surface area contributed by atoms with Gasteiger partial charge in [-0.1, -0.05) is 6.58 Å². The maximum atomic E-state index is 10.9. The van der Waals surface area contributed by atoms with Gasteiger partial charge in [0.1, 0.15) is 13.2 Å². The van der Waals surface area contributed by atoms with Crippen molar-refractivity contribution >= 4 is 11.9 Å². The van der Waals surface area contributed by atoms with Crippen molar-refractivity contribution in [1.29, 1.82) is 0 Å². The largest absolute Gasteiger partial charge is 0.463 e. The Morgan fingerprint density at radius 3 is 2.00 bits per heavy atom. The fourth-order valence-electron chi connectivity index (χ4n) is 0.663. The van der Waals surface area contributed by atoms with Crippen LogP contribution in [-0.2, 0) is 23.8 Å². The second-order valence-corrected chi connectivity index (χ2v) is 2.87. The highest BCUT2D eigenvalue weighted by molar-refractivity contribution is 5.86. The molecular formula is C10H16O5. The quantitative estimate of drug-likeness (QED) is 0.356. The Morgan fingerprint density at radius 1 is 1.00 bits per heavy atom. The predicted molar refractivity (Wildman–Crippen MR) is 53.2 cm³/mol. The van der Waals surface area contributed by atoms with Crippen LogP contribution in [0.2, 0.25) is 0 Å². The van der Waals surface area contributed by atoms with Crippen molar-refractivity contribution in [2.45, 2.75) is 13.8 Å². The minimum absolute atomic E-state index is 0.172. The van der Waals surface area contributed by atoms with Gasteiger partial charge in [0, 0.05) is 12.5 Å². The van der Waals surface area contributed by atoms with Crippen molar-refractivity contribution in [2.24, 2.45) is 0 Å². The maximum Gasteiger partial charge on any atom is 0.333 e. The highest BCUT2D eigenvalue weighted by Gasteiger charge is 2.01. The van der Waals surface area contributed by atoms with Crippen LogP contribution in [0.25, 0.3) is 0 Å². The molecule has 86 valence electrons. The molecule has 0 fully saturated rings. The first-order valence-electron chi connectivity index (χ1n) is 4.57. The molecule has 0 radical (unpaired) electrons. The lowest BCUT2D eigenvalue weighted by molar-refractivity contribution is -0.143. The lowest BCUT2D eigenvalue weighted by Crippen LogP contribution is -2.13. The van der Waals surface area contributed by atoms with E-state index in [1.165, 1.54) is 6.92 Å². The van der Waals surface area contributed by atoms with Crippen LogP contribution in [0.3, 0.4) is 0 Å². The monoisotopic (exact) mass is 216 g/mol. The number of rotatable bonds is 7. The lowest BCUT2D eigenvalue weighted by atomic mass is 10.4. The topological polar surface area (TPSA) is 61.8 Å². The Kier molecular flexibility index (Phi) is 7.27. The molecule has 0 saturated carbocycles. The summed E-state index contributed by atoms with van der Waals surface area (Å²) in [5.41, 5.74) is 0.356. The number of hydrogen-bond donors (Lipinski definition) is 0. The minimum atomic E-state index is -0.432. The first kappa shape index (κ1) is 13.6. The van der Waals surface area contributed by atoms with Crippen LogP contribution < -0.4 is 0 Å². The van der Waals surface area contributed by atoms with E-state index in [1.807, 2.05) is 0 Å². The SMILES string of the molecule is C=C(C)C(=O)OCCOCCOC(C)=O. The van der Waals surface area contributed by atoms with Gasteiger partial charge in [0.2, 0.25) is 0 Å². The number of esters is 2. The van der Waals surface area contributed by atoms with E-state index < -0.39 is 5.97 Å². The Balaban J connectivity index is 3.22. The summed E-state index contributed by atoms with van der Waals surface area (Å²) in [4.78, 5) is 21.2. The highest BCUT2D eigenvalue weighted by atomic mass is 16.6. The van der Waals surface area contributed by atoms with E-state index in [9.17, 15) is 9.59 Å². The molecule has 0 aromatic rings. The molecule has 0 aliphatic carbocycles. The average molecular weight is 216 g/mol. The van der Waals surface area contributed by atoms with Gasteiger partial charge in [-0.05, 0) is 6.92 Å². The summed E-state index contributed by atoms with van der Waals surface area (Å²) in [6, 6.07) is 0. The van der Waals surface area contributed by atoms with Gasteiger partial charge in [-0.3, -0.25) is 4.79 Å². The van der Waals surface area contributed by atoms with Gasteiger partial charge in [0.15, 0.2) is 0 Å². The van der Waals surface area contributed by atoms with Crippen molar-refractivity contribution < 1.29 is 23.8 Å². The Hall–Kier alpha value is -1.36. The fraction of sp³-hybridized carbons (Fsp3) is 0.600. The molecule has 0 aromatic carbocycles. The molecule has 0 N–H and O–H groups in total. The van der Waals surface area contributed by atoms with E-state index in [2.05, 4.69) is 11.3 Å². The Bertz CT molecular complexity index is 234. The minimum Gasteiger partial charge on any atom is -0.463 e. The molecule has 0 bridgehead atoms. The van der Waals surface area contributed by atoms with Crippen molar-refractivity contribution in [3.63, 3.8) is 0 Å². The zero-order valence-electron chi connectivity index (χ0n) is 9.08. The van der Waals surface area contributed by atoms with Gasteiger partial charge in [-0.15, -0.1) is 0 Å². The maximum absolute atomic E-state index is 10.9. The summed E-state index contributed by atoms with van der Waals surface area (Å²) in [6.07, 6.45) is 0. The van der Waals surface area contributed by atoms with Crippen LogP contribution in [0.15, 0.2) is 12.2 Å². The highest BCUT2D eigenvalue weighted by Crippen LogP contribution is 1.91. The summed E-state index contributed by atoms with van der Waals surface area (Å²) in [5, 5.41) is 0. The zero-order valence-corrected chi connectivity index (χ0v) is 9.08. The van der Waals surface area contributed by atoms with Crippen molar-refractivity contribution in [3.8, 4) is 0 Å². The zero-order chi connectivity index (χ0) is 11.7. The van der Waals surface area contributed by atoms with Gasteiger partial charge < -0.3 is 14.2 Å². The first-order chi connectivity index (χ1) is 7.04. The molecule has 0 amide bonds. The molecule has 0 aliphatic rings. The van der Waals surface area contributed by atoms with E-state index in [0.717, 1.165) is 0 Å². The smallest absolute Gasteiger partial charge is 0.333 e. The van der Waals surface area contributed by atoms with Crippen LogP contribution in [-0.4, -0.2) is 38.4 Å². The van der Waals surface area contributed by atoms with Crippen LogP contribution >= 0.6 is 0 Å². The molecule has 0 heterocycles. The van der Waals surface area contributed by atoms with Crippen molar-refractivity contribution in [3.05, 3.63) is 12.2 Å². The van der Waals surface area contributed by atoms with Gasteiger partial charge in [0.25, 0.3) is 0 Å². The first-order valence-corrected chi connectivity index (χ1v) is 4.57. The second kappa shape index (κ2) is 7.99. The molecule has 5 heteroatoms. The number of hydrogen-bond acceptors (Lipinski definition) is 5. The Labute approximate surface area is 89.0 Å². The summed E-state index contributed by atoms with van der Waals surface area (Å²) in [7, 11) is 0. The molecule has 15 heavy (non-hydrogen) atoms. The van der Waals surface area contributed by atoms with Gasteiger partial charge in [-0.2, -0.15) is 0 Å². The summed E-state index contributed by atoms with van der Waals surface area (Å²) >= 11 is 0. The molecule has 5 nitrogen and oxygen atoms in total. The lowest BCUT2D eigenvalue weighted by Gasteiger charge is -2.05. The van der Waals surface area contributed by atoms with E-state index in [-0.39, 0.29) is 25.8 Å². The van der Waals surface area contributed by atoms with Gasteiger partial charge in [-0.25, -0.2) is 4.79 Å². The van der Waals surface area contributed by atoms with Crippen molar-refractivity contribution in [2.75, 3.05) is 26.4 Å². The standard InChI is InChI=1S/C10H16O5/c1-8(2)10(12)15-7-5-13-4-6-14-9(3)11/h1,4-7H2,2-3H3. The third-order valence-electron chi connectivity index (χ3n) is 1.34. The predicted octanol–water partition coefficient (Wildman–Crippen LogP) is 0.685. The summed E-state index contributed by atoms with van der Waals surface area (Å²) in [5.74, 6) is -0.772. The van der Waals surface area contributed by atoms with Gasteiger partial charge in [0.05, 0.1) is 13.2 Å². The van der Waals surface area contributed by atoms with Crippen LogP contribution in [0.1, 0.15) is 13.8 Å². The average Bonchev–Trinajstić information content (AvgIpc) is 2.15. The van der Waals surface area contributed by atoms with Crippen molar-refractivity contribution in [1.82, 2.24) is 0 Å². The van der Waals surface area contributed by atoms with E-state index >= 15 is 0 Å². The Morgan fingerprint density at radius 2 is 1.53 bits per heavy atom. The number of carbonyl (C=O) groups excluding carboxylic acids is 2. The molecular weight excluding hydrogens is 200 g/mol. The molecule has 0 aliphatic heterocycles. The normalized spacial score (nSPS) is 9.47. The molecule has 0 rings (SSSR count). The van der Waals surface area contributed by atoms with E-state index in [4.69, 9.17) is 9.47 Å². The number of carbonyl (C=O) groups is 2. The fourth-order valence-corrected chi connectivity index (χ4v) is 0.663.